The predicted octanol–water partition coefficient (Wildman–Crippen LogP) is 3.62. The molecule has 5 nitrogen and oxygen atoms in total. The highest BCUT2D eigenvalue weighted by molar-refractivity contribution is 7.99. The van der Waals surface area contributed by atoms with Crippen molar-refractivity contribution in [1.29, 1.82) is 0 Å². The molecule has 0 unspecified atom stereocenters. The second kappa shape index (κ2) is 6.80. The molecule has 1 aromatic heterocycles. The molecule has 7 heteroatoms. The molecule has 25 heavy (non-hydrogen) atoms. The Morgan fingerprint density at radius 3 is 2.36 bits per heavy atom. The number of carbonyl (C=O) groups is 2. The molecule has 134 valence electrons. The number of aromatic nitrogens is 1. The first-order chi connectivity index (χ1) is 12.0. The lowest BCUT2D eigenvalue weighted by Crippen LogP contribution is -2.61. The van der Waals surface area contributed by atoms with Gasteiger partial charge in [0.15, 0.2) is 0 Å². The van der Waals surface area contributed by atoms with E-state index in [4.69, 9.17) is 11.6 Å². The number of hydrogen-bond donors (Lipinski definition) is 2. The van der Waals surface area contributed by atoms with E-state index in [0.717, 1.165) is 37.0 Å². The molecule has 0 saturated heterocycles. The molecule has 0 atom stereocenters. The Morgan fingerprint density at radius 1 is 1.16 bits per heavy atom. The van der Waals surface area contributed by atoms with Crippen molar-refractivity contribution < 1.29 is 9.59 Å². The monoisotopic (exact) mass is 379 g/mol. The van der Waals surface area contributed by atoms with Gasteiger partial charge in [-0.1, -0.05) is 23.4 Å². The number of pyridine rings is 1. The number of nitrogens with zero attached hydrogens (tertiary/aromatic N) is 1. The van der Waals surface area contributed by atoms with E-state index in [-0.39, 0.29) is 23.2 Å². The molecule has 0 radical (unpaired) electrons. The van der Waals surface area contributed by atoms with Crippen LogP contribution < -0.4 is 10.6 Å². The molecule has 5 rings (SSSR count). The maximum absolute atomic E-state index is 12.3. The molecule has 4 aliphatic carbocycles. The smallest absolute Gasteiger partial charge is 0.321 e. The summed E-state index contributed by atoms with van der Waals surface area (Å²) in [5.41, 5.74) is -0.0794. The molecule has 2 N–H and O–H groups in total. The standard InChI is InChI=1S/C18H22ClN3O2S/c19-14-1-2-16(20-9-14)25-10-15(23)21-17(24)22-18-6-11-3-12(7-18)5-13(4-11)8-18/h1-2,9,11-13H,3-8,10H2,(H2,21,22,23,24). The highest BCUT2D eigenvalue weighted by atomic mass is 35.5. The number of rotatable bonds is 4. The summed E-state index contributed by atoms with van der Waals surface area (Å²) >= 11 is 7.07. The van der Waals surface area contributed by atoms with Gasteiger partial charge in [-0.15, -0.1) is 0 Å². The van der Waals surface area contributed by atoms with E-state index in [1.807, 2.05) is 0 Å². The first-order valence-corrected chi connectivity index (χ1v) is 10.2. The van der Waals surface area contributed by atoms with Crippen molar-refractivity contribution in [3.05, 3.63) is 23.4 Å². The van der Waals surface area contributed by atoms with Crippen LogP contribution in [0.3, 0.4) is 0 Å². The Labute approximate surface area is 156 Å². The van der Waals surface area contributed by atoms with Crippen molar-refractivity contribution in [3.63, 3.8) is 0 Å². The van der Waals surface area contributed by atoms with E-state index in [1.165, 1.54) is 31.0 Å². The Kier molecular flexibility index (Phi) is 4.67. The maximum Gasteiger partial charge on any atom is 0.321 e. The zero-order chi connectivity index (χ0) is 17.4. The molecule has 0 aromatic carbocycles. The Hall–Kier alpha value is -1.27. The topological polar surface area (TPSA) is 71.1 Å². The van der Waals surface area contributed by atoms with Crippen LogP contribution in [-0.2, 0) is 4.79 Å². The van der Waals surface area contributed by atoms with Gasteiger partial charge in [-0.25, -0.2) is 9.78 Å². The summed E-state index contributed by atoms with van der Waals surface area (Å²) in [5.74, 6) is 2.13. The van der Waals surface area contributed by atoms with Gasteiger partial charge < -0.3 is 5.32 Å². The van der Waals surface area contributed by atoms with E-state index in [0.29, 0.717) is 10.0 Å². The molecule has 4 fully saturated rings. The van der Waals surface area contributed by atoms with Gasteiger partial charge in [-0.05, 0) is 68.4 Å². The summed E-state index contributed by atoms with van der Waals surface area (Å²) in [7, 11) is 0. The highest BCUT2D eigenvalue weighted by Gasteiger charge is 2.51. The normalized spacial score (nSPS) is 32.4. The summed E-state index contributed by atoms with van der Waals surface area (Å²) in [5, 5.41) is 6.89. The summed E-state index contributed by atoms with van der Waals surface area (Å²) in [6.45, 7) is 0. The second-order valence-electron chi connectivity index (χ2n) is 7.80. The SMILES string of the molecule is O=C(CSc1ccc(Cl)cn1)NC(=O)NC12CC3CC(CC(C3)C1)C2. The van der Waals surface area contributed by atoms with Gasteiger partial charge in [0.25, 0.3) is 0 Å². The van der Waals surface area contributed by atoms with Crippen LogP contribution in [0.25, 0.3) is 0 Å². The van der Waals surface area contributed by atoms with Crippen LogP contribution in [0.5, 0.6) is 0 Å². The molecular weight excluding hydrogens is 358 g/mol. The van der Waals surface area contributed by atoms with Crippen molar-refractivity contribution in [1.82, 2.24) is 15.6 Å². The minimum Gasteiger partial charge on any atom is -0.332 e. The number of hydrogen-bond acceptors (Lipinski definition) is 4. The van der Waals surface area contributed by atoms with Gasteiger partial charge in [0.2, 0.25) is 5.91 Å². The number of imide groups is 1. The lowest BCUT2D eigenvalue weighted by Gasteiger charge is -2.56. The van der Waals surface area contributed by atoms with E-state index >= 15 is 0 Å². The minimum absolute atomic E-state index is 0.0794. The lowest BCUT2D eigenvalue weighted by atomic mass is 9.53. The average Bonchev–Trinajstić information content (AvgIpc) is 2.52. The second-order valence-corrected chi connectivity index (χ2v) is 9.24. The fourth-order valence-corrected chi connectivity index (χ4v) is 6.04. The number of nitrogens with one attached hydrogen (secondary N) is 2. The van der Waals surface area contributed by atoms with Crippen molar-refractivity contribution in [3.8, 4) is 0 Å². The summed E-state index contributed by atoms with van der Waals surface area (Å²) < 4.78 is 0. The summed E-state index contributed by atoms with van der Waals surface area (Å²) in [4.78, 5) is 28.5. The zero-order valence-corrected chi connectivity index (χ0v) is 15.5. The Bertz CT molecular complexity index is 644. The maximum atomic E-state index is 12.3. The summed E-state index contributed by atoms with van der Waals surface area (Å²) in [6.07, 6.45) is 8.74. The van der Waals surface area contributed by atoms with E-state index in [1.54, 1.807) is 18.3 Å². The van der Waals surface area contributed by atoms with Crippen LogP contribution in [-0.4, -0.2) is 28.2 Å². The zero-order valence-electron chi connectivity index (χ0n) is 14.0. The third-order valence-corrected chi connectivity index (χ3v) is 6.89. The number of amides is 3. The lowest BCUT2D eigenvalue weighted by molar-refractivity contribution is -0.117. The van der Waals surface area contributed by atoms with Gasteiger partial charge in [-0.3, -0.25) is 10.1 Å². The van der Waals surface area contributed by atoms with Crippen LogP contribution in [0, 0.1) is 17.8 Å². The van der Waals surface area contributed by atoms with Crippen molar-refractivity contribution in [2.45, 2.75) is 49.1 Å². The molecule has 1 aromatic rings. The Morgan fingerprint density at radius 2 is 1.80 bits per heavy atom. The average molecular weight is 380 g/mol. The van der Waals surface area contributed by atoms with Crippen LogP contribution in [0.15, 0.2) is 23.4 Å². The number of halogens is 1. The molecule has 4 aliphatic rings. The van der Waals surface area contributed by atoms with Crippen molar-refractivity contribution >= 4 is 35.3 Å². The number of thioether (sulfide) groups is 1. The fraction of sp³-hybridized carbons (Fsp3) is 0.611. The summed E-state index contributed by atoms with van der Waals surface area (Å²) in [6, 6.07) is 3.14. The predicted molar refractivity (Wildman–Crippen MR) is 97.5 cm³/mol. The molecule has 0 aliphatic heterocycles. The number of carbonyl (C=O) groups excluding carboxylic acids is 2. The molecular formula is C18H22ClN3O2S. The van der Waals surface area contributed by atoms with Crippen molar-refractivity contribution in [2.24, 2.45) is 17.8 Å². The molecule has 0 spiro atoms. The van der Waals surface area contributed by atoms with Gasteiger partial charge in [0.05, 0.1) is 15.8 Å². The van der Waals surface area contributed by atoms with Gasteiger partial charge in [-0.2, -0.15) is 0 Å². The molecule has 4 saturated carbocycles. The highest BCUT2D eigenvalue weighted by Crippen LogP contribution is 2.55. The van der Waals surface area contributed by atoms with Crippen LogP contribution >= 0.6 is 23.4 Å². The van der Waals surface area contributed by atoms with Crippen LogP contribution in [0.1, 0.15) is 38.5 Å². The first-order valence-electron chi connectivity index (χ1n) is 8.86. The third-order valence-electron chi connectivity index (χ3n) is 5.72. The van der Waals surface area contributed by atoms with E-state index in [2.05, 4.69) is 15.6 Å². The Balaban J connectivity index is 1.27. The molecule has 3 amide bonds. The van der Waals surface area contributed by atoms with Crippen LogP contribution in [0.4, 0.5) is 4.79 Å². The van der Waals surface area contributed by atoms with Gasteiger partial charge >= 0.3 is 6.03 Å². The number of urea groups is 1. The molecule has 1 heterocycles. The van der Waals surface area contributed by atoms with Gasteiger partial charge in [0.1, 0.15) is 0 Å². The van der Waals surface area contributed by atoms with Crippen LogP contribution in [0.2, 0.25) is 5.02 Å². The van der Waals surface area contributed by atoms with Crippen molar-refractivity contribution in [2.75, 3.05) is 5.75 Å². The fourth-order valence-electron chi connectivity index (χ4n) is 5.29. The van der Waals surface area contributed by atoms with E-state index in [9.17, 15) is 9.59 Å². The quantitative estimate of drug-likeness (QED) is 0.784. The van der Waals surface area contributed by atoms with Gasteiger partial charge in [0, 0.05) is 11.7 Å². The first kappa shape index (κ1) is 17.2. The third kappa shape index (κ3) is 3.95. The largest absolute Gasteiger partial charge is 0.332 e. The van der Waals surface area contributed by atoms with E-state index < -0.39 is 0 Å². The minimum atomic E-state index is -0.350. The molecule has 4 bridgehead atoms.